The largest absolute Gasteiger partial charge is 0.508 e. The molecule has 6 heteroatoms. The number of hydrogen-bond acceptors (Lipinski definition) is 3. The van der Waals surface area contributed by atoms with Crippen molar-refractivity contribution in [3.63, 3.8) is 0 Å². The molecule has 0 amide bonds. The molecule has 2 N–H and O–H groups in total. The number of allylic oxidation sites excluding steroid dienone is 1. The van der Waals surface area contributed by atoms with Crippen LogP contribution in [0.25, 0.3) is 0 Å². The van der Waals surface area contributed by atoms with Crippen LogP contribution in [0.4, 0.5) is 0 Å². The topological polar surface area (TPSA) is 35.5 Å². The minimum absolute atomic E-state index is 0. The Hall–Kier alpha value is -0.260. The van der Waals surface area contributed by atoms with Gasteiger partial charge < -0.3 is 10.4 Å². The molecular weight excluding hydrogens is 375 g/mol. The van der Waals surface area contributed by atoms with Gasteiger partial charge in [0.1, 0.15) is 5.75 Å². The summed E-state index contributed by atoms with van der Waals surface area (Å²) in [5, 5.41) is 13.1. The molecule has 0 bridgehead atoms. The number of halogens is 3. The third-order valence-electron chi connectivity index (χ3n) is 3.58. The van der Waals surface area contributed by atoms with E-state index in [4.69, 9.17) is 0 Å². The van der Waals surface area contributed by atoms with Gasteiger partial charge in [-0.1, -0.05) is 22.0 Å². The van der Waals surface area contributed by atoms with Crippen molar-refractivity contribution < 1.29 is 5.11 Å². The molecule has 0 radical (unpaired) electrons. The highest BCUT2D eigenvalue weighted by Crippen LogP contribution is 2.34. The Bertz CT molecular complexity index is 440. The second kappa shape index (κ2) is 10.5. The Morgan fingerprint density at radius 3 is 2.62 bits per heavy atom. The number of nitrogens with one attached hydrogen (secondary N) is 1. The first kappa shape index (κ1) is 20.7. The lowest BCUT2D eigenvalue weighted by Gasteiger charge is -2.35. The number of rotatable bonds is 5. The summed E-state index contributed by atoms with van der Waals surface area (Å²) in [4.78, 5) is 2.49. The minimum atomic E-state index is 0. The minimum Gasteiger partial charge on any atom is -0.508 e. The molecule has 1 aromatic rings. The SMILES string of the molecule is C=CCC[C@@H](c1cc(O)ccc1Br)N1CCNCC1.Cl.Cl. The second-order valence-corrected chi connectivity index (χ2v) is 5.73. The number of benzene rings is 1. The molecule has 3 nitrogen and oxygen atoms in total. The van der Waals surface area contributed by atoms with E-state index in [0.717, 1.165) is 43.5 Å². The summed E-state index contributed by atoms with van der Waals surface area (Å²) in [5.74, 6) is 0.330. The fraction of sp³-hybridized carbons (Fsp3) is 0.467. The summed E-state index contributed by atoms with van der Waals surface area (Å²) < 4.78 is 1.07. The maximum atomic E-state index is 9.74. The van der Waals surface area contributed by atoms with Crippen molar-refractivity contribution in [3.8, 4) is 5.75 Å². The summed E-state index contributed by atoms with van der Waals surface area (Å²) in [6.07, 6.45) is 3.98. The molecule has 1 atom stereocenters. The quantitative estimate of drug-likeness (QED) is 0.739. The lowest BCUT2D eigenvalue weighted by molar-refractivity contribution is 0.165. The predicted molar refractivity (Wildman–Crippen MR) is 96.9 cm³/mol. The third kappa shape index (κ3) is 5.80. The maximum absolute atomic E-state index is 9.74. The van der Waals surface area contributed by atoms with E-state index in [1.54, 1.807) is 6.07 Å². The summed E-state index contributed by atoms with van der Waals surface area (Å²) in [6.45, 7) is 7.97. The zero-order chi connectivity index (χ0) is 13.7. The lowest BCUT2D eigenvalue weighted by atomic mass is 9.99. The predicted octanol–water partition coefficient (Wildman–Crippen LogP) is 3.91. The highest BCUT2D eigenvalue weighted by atomic mass is 79.9. The van der Waals surface area contributed by atoms with Crippen molar-refractivity contribution in [2.75, 3.05) is 26.2 Å². The van der Waals surface area contributed by atoms with Gasteiger partial charge in [0.05, 0.1) is 0 Å². The highest BCUT2D eigenvalue weighted by molar-refractivity contribution is 9.10. The van der Waals surface area contributed by atoms with Crippen molar-refractivity contribution >= 4 is 40.7 Å². The molecule has 2 rings (SSSR count). The van der Waals surface area contributed by atoms with Crippen molar-refractivity contribution in [2.24, 2.45) is 0 Å². The van der Waals surface area contributed by atoms with E-state index in [9.17, 15) is 5.11 Å². The van der Waals surface area contributed by atoms with Crippen molar-refractivity contribution in [3.05, 3.63) is 40.9 Å². The number of hydrogen-bond donors (Lipinski definition) is 2. The monoisotopic (exact) mass is 396 g/mol. The van der Waals surface area contributed by atoms with Gasteiger partial charge in [-0.05, 0) is 36.6 Å². The van der Waals surface area contributed by atoms with Crippen LogP contribution in [0, 0.1) is 0 Å². The van der Waals surface area contributed by atoms with Gasteiger partial charge in [-0.15, -0.1) is 31.4 Å². The number of phenols is 1. The molecular formula is C15H23BrCl2N2O. The van der Waals surface area contributed by atoms with Gasteiger partial charge in [0.15, 0.2) is 0 Å². The van der Waals surface area contributed by atoms with E-state index in [2.05, 4.69) is 32.7 Å². The molecule has 0 unspecified atom stereocenters. The van der Waals surface area contributed by atoms with Gasteiger partial charge in [-0.3, -0.25) is 4.90 Å². The third-order valence-corrected chi connectivity index (χ3v) is 4.30. The maximum Gasteiger partial charge on any atom is 0.115 e. The van der Waals surface area contributed by atoms with Gasteiger partial charge in [0.25, 0.3) is 0 Å². The van der Waals surface area contributed by atoms with Crippen LogP contribution in [-0.4, -0.2) is 36.2 Å². The summed E-state index contributed by atoms with van der Waals surface area (Å²) in [7, 11) is 0. The number of aromatic hydroxyl groups is 1. The fourth-order valence-electron chi connectivity index (χ4n) is 2.59. The Labute approximate surface area is 147 Å². The van der Waals surface area contributed by atoms with Crippen LogP contribution < -0.4 is 5.32 Å². The molecule has 1 aromatic carbocycles. The van der Waals surface area contributed by atoms with E-state index in [-0.39, 0.29) is 24.8 Å². The van der Waals surface area contributed by atoms with Gasteiger partial charge in [-0.2, -0.15) is 0 Å². The standard InChI is InChI=1S/C15H21BrN2O.2ClH/c1-2-3-4-15(18-9-7-17-8-10-18)13-11-12(19)5-6-14(13)16;;/h2,5-6,11,15,17,19H,1,3-4,7-10H2;2*1H/t15-;;/m0../s1. The molecule has 0 saturated carbocycles. The molecule has 1 aliphatic heterocycles. The average molecular weight is 398 g/mol. The molecule has 21 heavy (non-hydrogen) atoms. The molecule has 1 fully saturated rings. The fourth-order valence-corrected chi connectivity index (χ4v) is 3.10. The van der Waals surface area contributed by atoms with Gasteiger partial charge in [0.2, 0.25) is 0 Å². The van der Waals surface area contributed by atoms with Crippen molar-refractivity contribution in [1.29, 1.82) is 0 Å². The number of phenolic OH excluding ortho intramolecular Hbond substituents is 1. The normalized spacial score (nSPS) is 16.4. The smallest absolute Gasteiger partial charge is 0.115 e. The first-order chi connectivity index (χ1) is 9.22. The summed E-state index contributed by atoms with van der Waals surface area (Å²) >= 11 is 3.61. The van der Waals surface area contributed by atoms with Crippen LogP contribution in [0.1, 0.15) is 24.4 Å². The van der Waals surface area contributed by atoms with Gasteiger partial charge in [0, 0.05) is 36.7 Å². The second-order valence-electron chi connectivity index (χ2n) is 4.87. The number of nitrogens with zero attached hydrogens (tertiary/aromatic N) is 1. The Morgan fingerprint density at radius 2 is 2.00 bits per heavy atom. The molecule has 1 saturated heterocycles. The summed E-state index contributed by atoms with van der Waals surface area (Å²) in [6, 6.07) is 5.85. The first-order valence-electron chi connectivity index (χ1n) is 6.76. The Balaban J connectivity index is 0.00000200. The van der Waals surface area contributed by atoms with Crippen molar-refractivity contribution in [1.82, 2.24) is 10.2 Å². The van der Waals surface area contributed by atoms with Crippen LogP contribution in [0.15, 0.2) is 35.3 Å². The van der Waals surface area contributed by atoms with E-state index in [1.807, 2.05) is 18.2 Å². The van der Waals surface area contributed by atoms with Crippen molar-refractivity contribution in [2.45, 2.75) is 18.9 Å². The van der Waals surface area contributed by atoms with Crippen LogP contribution in [0.2, 0.25) is 0 Å². The molecule has 120 valence electrons. The first-order valence-corrected chi connectivity index (χ1v) is 7.55. The molecule has 1 aliphatic rings. The molecule has 1 heterocycles. The zero-order valence-corrected chi connectivity index (χ0v) is 15.1. The Morgan fingerprint density at radius 1 is 1.33 bits per heavy atom. The van der Waals surface area contributed by atoms with E-state index in [0.29, 0.717) is 11.8 Å². The Kier molecular flexibility index (Phi) is 10.3. The van der Waals surface area contributed by atoms with E-state index >= 15 is 0 Å². The molecule has 0 aliphatic carbocycles. The molecule has 0 aromatic heterocycles. The van der Waals surface area contributed by atoms with Crippen LogP contribution in [0.5, 0.6) is 5.75 Å². The number of piperazine rings is 1. The molecule has 0 spiro atoms. The average Bonchev–Trinajstić information content (AvgIpc) is 2.44. The lowest BCUT2D eigenvalue weighted by Crippen LogP contribution is -2.45. The van der Waals surface area contributed by atoms with Gasteiger partial charge in [-0.25, -0.2) is 0 Å². The summed E-state index contributed by atoms with van der Waals surface area (Å²) in [5.41, 5.74) is 1.17. The van der Waals surface area contributed by atoms with Crippen LogP contribution in [-0.2, 0) is 0 Å². The van der Waals surface area contributed by atoms with E-state index in [1.165, 1.54) is 5.56 Å². The highest BCUT2D eigenvalue weighted by Gasteiger charge is 2.23. The van der Waals surface area contributed by atoms with Crippen LogP contribution >= 0.6 is 40.7 Å². The zero-order valence-electron chi connectivity index (χ0n) is 11.9. The van der Waals surface area contributed by atoms with E-state index < -0.39 is 0 Å². The van der Waals surface area contributed by atoms with Crippen LogP contribution in [0.3, 0.4) is 0 Å². The van der Waals surface area contributed by atoms with Gasteiger partial charge >= 0.3 is 0 Å².